The van der Waals surface area contributed by atoms with Crippen molar-refractivity contribution in [3.8, 4) is 0 Å². The van der Waals surface area contributed by atoms with Crippen LogP contribution < -0.4 is 26.6 Å². The van der Waals surface area contributed by atoms with Crippen LogP contribution >= 0.6 is 0 Å². The van der Waals surface area contributed by atoms with E-state index in [-0.39, 0.29) is 6.42 Å². The summed E-state index contributed by atoms with van der Waals surface area (Å²) in [6, 6.07) is -2.69. The molecule has 0 radical (unpaired) electrons. The monoisotopic (exact) mass is 989 g/mol. The average Bonchev–Trinajstić information content (AvgIpc) is 3.26. The number of aliphatic hydroxyl groups excluding tert-OH is 14. The number of hydrogen-bond acceptors (Lipinski definition) is 25. The molecule has 2 saturated heterocycles. The molecule has 2 heterocycles. The van der Waals surface area contributed by atoms with Crippen LogP contribution in [0.3, 0.4) is 0 Å². The lowest BCUT2D eigenvalue weighted by Crippen LogP contribution is -2.65. The molecule has 2 fully saturated rings. The summed E-state index contributed by atoms with van der Waals surface area (Å²) in [6.45, 7) is -0.00628. The van der Waals surface area contributed by atoms with E-state index in [2.05, 4.69) is 26.6 Å². The molecule has 16 atom stereocenters. The van der Waals surface area contributed by atoms with E-state index in [0.29, 0.717) is 0 Å². The summed E-state index contributed by atoms with van der Waals surface area (Å²) in [5, 5.41) is 159. The minimum absolute atomic E-state index is 0.262. The molecule has 2 rings (SSSR count). The molecular formula is C39H67N5O24. The number of carbonyl (C=O) groups excluding carboxylic acids is 4. The second kappa shape index (κ2) is 29.2. The Bertz CT molecular complexity index is 1720. The smallest absolute Gasteiger partial charge is 0.221 e. The van der Waals surface area contributed by atoms with Crippen molar-refractivity contribution in [1.82, 2.24) is 26.6 Å². The highest BCUT2D eigenvalue weighted by Crippen LogP contribution is 2.28. The Kier molecular flexibility index (Phi) is 25.8. The van der Waals surface area contributed by atoms with E-state index in [1.807, 2.05) is 0 Å². The highest BCUT2D eigenvalue weighted by atomic mass is 16.7. The fraction of sp³-hybridized carbons (Fsp3) is 0.744. The van der Waals surface area contributed by atoms with Crippen LogP contribution in [0.25, 0.3) is 0 Å². The van der Waals surface area contributed by atoms with Crippen molar-refractivity contribution in [1.29, 1.82) is 0 Å². The third kappa shape index (κ3) is 17.4. The molecule has 2 aliphatic heterocycles. The van der Waals surface area contributed by atoms with Gasteiger partial charge in [0.15, 0.2) is 25.2 Å². The average molecular weight is 990 g/mol. The van der Waals surface area contributed by atoms with Crippen LogP contribution in [-0.4, -0.2) is 234 Å². The van der Waals surface area contributed by atoms with Crippen molar-refractivity contribution >= 4 is 23.6 Å². The van der Waals surface area contributed by atoms with Crippen LogP contribution in [0.4, 0.5) is 0 Å². The number of likely N-dealkylation sites (N-methyl/N-ethyl adjacent to an activating group) is 1. The maximum atomic E-state index is 12.4. The maximum absolute atomic E-state index is 12.4. The van der Waals surface area contributed by atoms with E-state index in [1.165, 1.54) is 7.05 Å². The number of rotatable bonds is 27. The van der Waals surface area contributed by atoms with Gasteiger partial charge in [0.1, 0.15) is 77.8 Å². The van der Waals surface area contributed by atoms with Gasteiger partial charge in [0.2, 0.25) is 29.9 Å². The zero-order valence-electron chi connectivity index (χ0n) is 37.8. The van der Waals surface area contributed by atoms with Crippen molar-refractivity contribution in [2.75, 3.05) is 40.1 Å². The summed E-state index contributed by atoms with van der Waals surface area (Å²) in [4.78, 5) is 48.7. The van der Waals surface area contributed by atoms with Gasteiger partial charge in [-0.2, -0.15) is 0 Å². The highest BCUT2D eigenvalue weighted by Gasteiger charge is 2.48. The van der Waals surface area contributed by atoms with Crippen LogP contribution in [0.5, 0.6) is 0 Å². The molecule has 0 aromatic carbocycles. The topological polar surface area (TPSA) is 467 Å². The summed E-state index contributed by atoms with van der Waals surface area (Å²) in [6.07, 6.45) is -26.0. The molecule has 0 spiro atoms. The number of hydrogen-bond donors (Lipinski definition) is 19. The van der Waals surface area contributed by atoms with Gasteiger partial charge >= 0.3 is 0 Å². The van der Waals surface area contributed by atoms with E-state index in [0.717, 1.165) is 33.8 Å². The van der Waals surface area contributed by atoms with Crippen LogP contribution in [0.15, 0.2) is 34.7 Å². The zero-order valence-corrected chi connectivity index (χ0v) is 37.8. The van der Waals surface area contributed by atoms with Crippen LogP contribution in [0.1, 0.15) is 47.0 Å². The quantitative estimate of drug-likeness (QED) is 0.0268. The standard InChI is InChI=1S/C39H67N5O24/c1-15(50)41-20(12-19(6-9-45)63-39-28(40-5)32(57)31(56)23(13-48)67-39)35(59)64-21(7-10-46)29(54)25(42-16(2)51)36(60)65-22(8-11-47)30(55)26(43-17(3)52)38(62)68-34-24(14-49)66-37(61)27(33(34)58)44-18(4)53/h12,19,21-24,27-28,31-40,45-49,54-62H,6-11,13-14H2,1-5H3,(H,41,50)(H,42,51)(H,43,52)(H,44,53)/b20-12+,29-25-,30-26-. The molecule has 16 unspecified atom stereocenters. The van der Waals surface area contributed by atoms with Gasteiger partial charge < -0.3 is 126 Å². The van der Waals surface area contributed by atoms with Gasteiger partial charge in [0.05, 0.1) is 31.1 Å². The summed E-state index contributed by atoms with van der Waals surface area (Å²) < 4.78 is 33.3. The Morgan fingerprint density at radius 1 is 0.603 bits per heavy atom. The molecule has 4 amide bonds. The molecule has 392 valence electrons. The van der Waals surface area contributed by atoms with Gasteiger partial charge in [-0.3, -0.25) is 19.2 Å². The molecule has 0 aromatic heterocycles. The molecular weight excluding hydrogens is 922 g/mol. The lowest BCUT2D eigenvalue weighted by molar-refractivity contribution is -0.284. The van der Waals surface area contributed by atoms with Gasteiger partial charge in [-0.05, 0) is 13.1 Å². The Morgan fingerprint density at radius 3 is 1.56 bits per heavy atom. The van der Waals surface area contributed by atoms with Crippen LogP contribution in [-0.2, 0) is 47.6 Å². The molecule has 0 aromatic rings. The Labute approximate surface area is 389 Å². The third-order valence-corrected chi connectivity index (χ3v) is 10.1. The third-order valence-electron chi connectivity index (χ3n) is 10.1. The van der Waals surface area contributed by atoms with E-state index < -0.39 is 197 Å². The highest BCUT2D eigenvalue weighted by molar-refractivity contribution is 5.76. The van der Waals surface area contributed by atoms with Crippen molar-refractivity contribution < 1.29 is 119 Å². The first-order chi connectivity index (χ1) is 32.0. The minimum Gasteiger partial charge on any atom is -0.507 e. The van der Waals surface area contributed by atoms with Crippen molar-refractivity contribution in [2.24, 2.45) is 0 Å². The van der Waals surface area contributed by atoms with E-state index in [1.54, 1.807) is 0 Å². The van der Waals surface area contributed by atoms with Crippen molar-refractivity contribution in [3.05, 3.63) is 34.7 Å². The Morgan fingerprint density at radius 2 is 1.10 bits per heavy atom. The number of ether oxygens (including phenoxy) is 6. The number of amides is 4. The maximum Gasteiger partial charge on any atom is 0.221 e. The van der Waals surface area contributed by atoms with Gasteiger partial charge in [0.25, 0.3) is 0 Å². The summed E-state index contributed by atoms with van der Waals surface area (Å²) in [5.41, 5.74) is -2.43. The lowest BCUT2D eigenvalue weighted by Gasteiger charge is -2.43. The SMILES string of the molecule is CNC1C(OC(/C=C(/NC(C)=O)C(O)OC(CCO)/C(O)=C(/NC(C)=O)C(O)OC(CCO)/C(O)=C(/NC(C)=O)C(O)OC2C(CO)OC(O)C(NC(C)=O)C2O)CCO)OC(CO)C(O)C1O. The van der Waals surface area contributed by atoms with E-state index in [4.69, 9.17) is 28.4 Å². The fourth-order valence-electron chi connectivity index (χ4n) is 6.90. The first kappa shape index (κ1) is 60.1. The number of aliphatic hydroxyl groups is 14. The predicted octanol–water partition coefficient (Wildman–Crippen LogP) is -7.94. The van der Waals surface area contributed by atoms with E-state index >= 15 is 0 Å². The zero-order chi connectivity index (χ0) is 51.6. The second-order valence-electron chi connectivity index (χ2n) is 15.4. The van der Waals surface area contributed by atoms with Gasteiger partial charge in [-0.1, -0.05) is 0 Å². The first-order valence-electron chi connectivity index (χ1n) is 21.1. The normalized spacial score (nSPS) is 29.0. The largest absolute Gasteiger partial charge is 0.507 e. The first-order valence-corrected chi connectivity index (χ1v) is 21.1. The van der Waals surface area contributed by atoms with Crippen molar-refractivity contribution in [2.45, 2.75) is 145 Å². The molecule has 29 heteroatoms. The van der Waals surface area contributed by atoms with Gasteiger partial charge in [-0.15, -0.1) is 0 Å². The summed E-state index contributed by atoms with van der Waals surface area (Å²) in [7, 11) is 1.40. The second-order valence-corrected chi connectivity index (χ2v) is 15.4. The predicted molar refractivity (Wildman–Crippen MR) is 224 cm³/mol. The minimum atomic E-state index is -2.57. The van der Waals surface area contributed by atoms with Crippen LogP contribution in [0.2, 0.25) is 0 Å². The van der Waals surface area contributed by atoms with Gasteiger partial charge in [0, 0.05) is 66.8 Å². The fourth-order valence-corrected chi connectivity index (χ4v) is 6.90. The Balaban J connectivity index is 2.59. The molecule has 0 aliphatic carbocycles. The molecule has 0 bridgehead atoms. The van der Waals surface area contributed by atoms with E-state index in [9.17, 15) is 90.7 Å². The van der Waals surface area contributed by atoms with Crippen molar-refractivity contribution in [3.63, 3.8) is 0 Å². The molecule has 19 N–H and O–H groups in total. The molecule has 29 nitrogen and oxygen atoms in total. The number of carbonyl (C=O) groups is 4. The molecule has 68 heavy (non-hydrogen) atoms. The number of nitrogens with one attached hydrogen (secondary N) is 5. The molecule has 2 aliphatic rings. The summed E-state index contributed by atoms with van der Waals surface area (Å²) in [5.74, 6) is -5.84. The summed E-state index contributed by atoms with van der Waals surface area (Å²) >= 11 is 0. The van der Waals surface area contributed by atoms with Gasteiger partial charge in [-0.25, -0.2) is 0 Å². The van der Waals surface area contributed by atoms with Crippen LogP contribution in [0, 0.1) is 0 Å². The lowest BCUT2D eigenvalue weighted by atomic mass is 9.96. The Hall–Kier alpha value is -4.06. The molecule has 0 saturated carbocycles.